The van der Waals surface area contributed by atoms with E-state index in [2.05, 4.69) is 0 Å². The Morgan fingerprint density at radius 1 is 0.964 bits per heavy atom. The van der Waals surface area contributed by atoms with E-state index in [1.807, 2.05) is 48.5 Å². The lowest BCUT2D eigenvalue weighted by Gasteiger charge is -2.41. The minimum Gasteiger partial charge on any atom is -0.497 e. The number of nitrogens with zero attached hydrogens (tertiary/aromatic N) is 2. The highest BCUT2D eigenvalue weighted by molar-refractivity contribution is 5.97. The van der Waals surface area contributed by atoms with Crippen molar-refractivity contribution in [3.63, 3.8) is 0 Å². The molecule has 2 atom stereocenters. The van der Waals surface area contributed by atoms with Crippen LogP contribution in [0.2, 0.25) is 0 Å². The summed E-state index contributed by atoms with van der Waals surface area (Å²) in [6.45, 7) is 0. The third kappa shape index (κ3) is 3.81. The molecule has 0 spiro atoms. The number of methoxy groups -OCH3 is 2. The number of amides is 2. The zero-order valence-electron chi connectivity index (χ0n) is 16.7. The van der Waals surface area contributed by atoms with Crippen LogP contribution in [0.1, 0.15) is 24.4 Å². The summed E-state index contributed by atoms with van der Waals surface area (Å²) in [6, 6.07) is 14.6. The van der Waals surface area contributed by atoms with E-state index in [1.165, 1.54) is 0 Å². The third-order valence-corrected chi connectivity index (χ3v) is 5.16. The molecular formula is C22H26N2O4. The second kappa shape index (κ2) is 8.33. The molecule has 0 unspecified atom stereocenters. The average Bonchev–Trinajstić information content (AvgIpc) is 2.73. The van der Waals surface area contributed by atoms with Crippen molar-refractivity contribution in [3.8, 4) is 11.5 Å². The lowest BCUT2D eigenvalue weighted by molar-refractivity contribution is -0.136. The van der Waals surface area contributed by atoms with Gasteiger partial charge in [-0.1, -0.05) is 12.1 Å². The van der Waals surface area contributed by atoms with Crippen molar-refractivity contribution in [3.05, 3.63) is 54.1 Å². The first-order chi connectivity index (χ1) is 13.5. The Labute approximate surface area is 165 Å². The van der Waals surface area contributed by atoms with Crippen molar-refractivity contribution in [1.82, 2.24) is 4.90 Å². The number of anilines is 1. The minimum absolute atomic E-state index is 0.00814. The van der Waals surface area contributed by atoms with Crippen LogP contribution in [0.25, 0.3) is 0 Å². The fraction of sp³-hybridized carbons (Fsp3) is 0.364. The lowest BCUT2D eigenvalue weighted by atomic mass is 9.83. The molecule has 1 fully saturated rings. The molecule has 2 aromatic rings. The van der Waals surface area contributed by atoms with Crippen LogP contribution in [-0.2, 0) is 9.59 Å². The molecule has 2 amide bonds. The first-order valence-corrected chi connectivity index (χ1v) is 9.27. The molecular weight excluding hydrogens is 356 g/mol. The monoisotopic (exact) mass is 382 g/mol. The summed E-state index contributed by atoms with van der Waals surface area (Å²) in [7, 11) is 6.72. The summed E-state index contributed by atoms with van der Waals surface area (Å²) in [5.74, 6) is 1.16. The van der Waals surface area contributed by atoms with Gasteiger partial charge in [-0.15, -0.1) is 0 Å². The van der Waals surface area contributed by atoms with Crippen LogP contribution in [0.3, 0.4) is 0 Å². The van der Waals surface area contributed by atoms with Gasteiger partial charge in [0, 0.05) is 26.2 Å². The van der Waals surface area contributed by atoms with Crippen LogP contribution in [-0.4, -0.2) is 45.0 Å². The van der Waals surface area contributed by atoms with Gasteiger partial charge in [-0.25, -0.2) is 0 Å². The molecule has 1 heterocycles. The second-order valence-electron chi connectivity index (χ2n) is 7.06. The summed E-state index contributed by atoms with van der Waals surface area (Å²) < 4.78 is 10.5. The van der Waals surface area contributed by atoms with Gasteiger partial charge in [0.15, 0.2) is 0 Å². The fourth-order valence-corrected chi connectivity index (χ4v) is 3.71. The Morgan fingerprint density at radius 3 is 2.00 bits per heavy atom. The number of ether oxygens (including phenoxy) is 2. The summed E-state index contributed by atoms with van der Waals surface area (Å²) in [5, 5.41) is 0. The highest BCUT2D eigenvalue weighted by Gasteiger charge is 2.42. The Hall–Kier alpha value is -3.02. The summed E-state index contributed by atoms with van der Waals surface area (Å²) in [4.78, 5) is 29.2. The summed E-state index contributed by atoms with van der Waals surface area (Å²) >= 11 is 0. The highest BCUT2D eigenvalue weighted by Crippen LogP contribution is 2.41. The standard InChI is InChI=1S/C22H26N2O4/c1-23(2)22(26)19-13-14-20(25)24(16-7-11-18(28-4)12-8-16)21(19)15-5-9-17(27-3)10-6-15/h5-12,19,21H,13-14H2,1-4H3/t19-,21-/m0/s1. The first kappa shape index (κ1) is 19.7. The molecule has 148 valence electrons. The topological polar surface area (TPSA) is 59.1 Å². The number of hydrogen-bond donors (Lipinski definition) is 0. The van der Waals surface area contributed by atoms with E-state index in [0.29, 0.717) is 12.8 Å². The number of benzene rings is 2. The largest absolute Gasteiger partial charge is 0.497 e. The van der Waals surface area contributed by atoms with Gasteiger partial charge in [0.1, 0.15) is 11.5 Å². The van der Waals surface area contributed by atoms with Crippen molar-refractivity contribution in [2.24, 2.45) is 5.92 Å². The molecule has 6 nitrogen and oxygen atoms in total. The molecule has 1 aliphatic heterocycles. The maximum absolute atomic E-state index is 12.9. The van der Waals surface area contributed by atoms with E-state index in [9.17, 15) is 9.59 Å². The molecule has 0 bridgehead atoms. The van der Waals surface area contributed by atoms with Gasteiger partial charge in [-0.3, -0.25) is 9.59 Å². The maximum Gasteiger partial charge on any atom is 0.227 e. The van der Waals surface area contributed by atoms with Crippen LogP contribution >= 0.6 is 0 Å². The van der Waals surface area contributed by atoms with E-state index >= 15 is 0 Å². The molecule has 0 aliphatic carbocycles. The Bertz CT molecular complexity index is 831. The lowest BCUT2D eigenvalue weighted by Crippen LogP contribution is -2.48. The Morgan fingerprint density at radius 2 is 1.50 bits per heavy atom. The summed E-state index contributed by atoms with van der Waals surface area (Å²) in [6.07, 6.45) is 0.863. The predicted octanol–water partition coefficient (Wildman–Crippen LogP) is 3.28. The highest BCUT2D eigenvalue weighted by atomic mass is 16.5. The van der Waals surface area contributed by atoms with Gasteiger partial charge in [-0.2, -0.15) is 0 Å². The van der Waals surface area contributed by atoms with Crippen molar-refractivity contribution in [2.45, 2.75) is 18.9 Å². The van der Waals surface area contributed by atoms with Crippen LogP contribution in [0.5, 0.6) is 11.5 Å². The van der Waals surface area contributed by atoms with Crippen molar-refractivity contribution >= 4 is 17.5 Å². The molecule has 1 saturated heterocycles. The molecule has 2 aromatic carbocycles. The Balaban J connectivity index is 2.08. The van der Waals surface area contributed by atoms with Crippen LogP contribution in [0.4, 0.5) is 5.69 Å². The van der Waals surface area contributed by atoms with E-state index < -0.39 is 0 Å². The van der Waals surface area contributed by atoms with Gasteiger partial charge in [0.05, 0.1) is 26.2 Å². The van der Waals surface area contributed by atoms with Crippen molar-refractivity contribution < 1.29 is 19.1 Å². The maximum atomic E-state index is 12.9. The zero-order valence-corrected chi connectivity index (χ0v) is 16.7. The quantitative estimate of drug-likeness (QED) is 0.796. The number of rotatable bonds is 5. The molecule has 6 heteroatoms. The van der Waals surface area contributed by atoms with E-state index in [1.54, 1.807) is 38.1 Å². The van der Waals surface area contributed by atoms with E-state index in [-0.39, 0.29) is 23.8 Å². The SMILES string of the molecule is COc1ccc([C@H]2[C@@H](C(=O)N(C)C)CCC(=O)N2c2ccc(OC)cc2)cc1. The number of carbonyl (C=O) groups excluding carboxylic acids is 2. The normalized spacial score (nSPS) is 19.3. The second-order valence-corrected chi connectivity index (χ2v) is 7.06. The van der Waals surface area contributed by atoms with E-state index in [0.717, 1.165) is 22.7 Å². The number of carbonyl (C=O) groups is 2. The van der Waals surface area contributed by atoms with Gasteiger partial charge >= 0.3 is 0 Å². The molecule has 0 N–H and O–H groups in total. The van der Waals surface area contributed by atoms with Gasteiger partial charge in [-0.05, 0) is 48.4 Å². The summed E-state index contributed by atoms with van der Waals surface area (Å²) in [5.41, 5.74) is 1.66. The zero-order chi connectivity index (χ0) is 20.3. The van der Waals surface area contributed by atoms with Gasteiger partial charge < -0.3 is 19.3 Å². The third-order valence-electron chi connectivity index (χ3n) is 5.16. The first-order valence-electron chi connectivity index (χ1n) is 9.27. The molecule has 3 rings (SSSR count). The fourth-order valence-electron chi connectivity index (χ4n) is 3.71. The smallest absolute Gasteiger partial charge is 0.227 e. The van der Waals surface area contributed by atoms with Gasteiger partial charge in [0.25, 0.3) is 0 Å². The van der Waals surface area contributed by atoms with Crippen molar-refractivity contribution in [1.29, 1.82) is 0 Å². The molecule has 28 heavy (non-hydrogen) atoms. The van der Waals surface area contributed by atoms with Crippen molar-refractivity contribution in [2.75, 3.05) is 33.2 Å². The number of hydrogen-bond acceptors (Lipinski definition) is 4. The van der Waals surface area contributed by atoms with Crippen LogP contribution in [0, 0.1) is 5.92 Å². The molecule has 1 aliphatic rings. The predicted molar refractivity (Wildman–Crippen MR) is 108 cm³/mol. The molecule has 0 radical (unpaired) electrons. The van der Waals surface area contributed by atoms with Crippen LogP contribution < -0.4 is 14.4 Å². The molecule has 0 aromatic heterocycles. The van der Waals surface area contributed by atoms with Crippen LogP contribution in [0.15, 0.2) is 48.5 Å². The minimum atomic E-state index is -0.379. The number of piperidine rings is 1. The molecule has 0 saturated carbocycles. The Kier molecular flexibility index (Phi) is 5.87. The van der Waals surface area contributed by atoms with E-state index in [4.69, 9.17) is 9.47 Å². The van der Waals surface area contributed by atoms with Gasteiger partial charge in [0.2, 0.25) is 11.8 Å². The average molecular weight is 382 g/mol.